The van der Waals surface area contributed by atoms with Crippen molar-refractivity contribution in [2.75, 3.05) is 4.72 Å². The van der Waals surface area contributed by atoms with Crippen LogP contribution in [0.5, 0.6) is 0 Å². The molecule has 0 aromatic heterocycles. The number of benzene rings is 2. The van der Waals surface area contributed by atoms with Gasteiger partial charge in [-0.15, -0.1) is 0 Å². The van der Waals surface area contributed by atoms with E-state index in [1.807, 2.05) is 0 Å². The first-order valence-corrected chi connectivity index (χ1v) is 9.34. The molecule has 0 radical (unpaired) electrons. The minimum atomic E-state index is -4.24. The van der Waals surface area contributed by atoms with Gasteiger partial charge in [0.1, 0.15) is 16.5 Å². The van der Waals surface area contributed by atoms with Crippen LogP contribution in [0.2, 0.25) is 0 Å². The third-order valence-electron chi connectivity index (χ3n) is 2.76. The molecule has 0 atom stereocenters. The average Bonchev–Trinajstić information content (AvgIpc) is 2.38. The summed E-state index contributed by atoms with van der Waals surface area (Å²) in [6, 6.07) is 7.44. The maximum absolute atomic E-state index is 13.6. The summed E-state index contributed by atoms with van der Waals surface area (Å²) in [6.07, 6.45) is 0. The van der Waals surface area contributed by atoms with Crippen LogP contribution in [0, 0.1) is 11.6 Å². The van der Waals surface area contributed by atoms with Crippen molar-refractivity contribution in [1.29, 1.82) is 0 Å². The molecule has 0 aliphatic rings. The van der Waals surface area contributed by atoms with Crippen LogP contribution in [0.1, 0.15) is 5.56 Å². The topological polar surface area (TPSA) is 106 Å². The zero-order valence-electron chi connectivity index (χ0n) is 11.5. The summed E-state index contributed by atoms with van der Waals surface area (Å²) in [7, 11) is -7.94. The standard InChI is InChI=1S/C13H12F2N2O4S2/c14-10-3-6-13(12(15)7-10)23(20,21)17-11-4-1-9(2-5-11)8-22(16,18)19/h1-7,17H,8H2,(H2,16,18,19). The molecular weight excluding hydrogens is 350 g/mol. The van der Waals surface area contributed by atoms with Crippen LogP contribution in [-0.4, -0.2) is 16.8 Å². The lowest BCUT2D eigenvalue weighted by Crippen LogP contribution is -2.16. The Hall–Kier alpha value is -2.04. The smallest absolute Gasteiger partial charge is 0.264 e. The number of nitrogens with two attached hydrogens (primary N) is 1. The van der Waals surface area contributed by atoms with Crippen molar-refractivity contribution in [3.63, 3.8) is 0 Å². The Morgan fingerprint density at radius 3 is 2.09 bits per heavy atom. The SMILES string of the molecule is NS(=O)(=O)Cc1ccc(NS(=O)(=O)c2ccc(F)cc2F)cc1. The fourth-order valence-electron chi connectivity index (χ4n) is 1.80. The quantitative estimate of drug-likeness (QED) is 0.842. The van der Waals surface area contributed by atoms with Crippen molar-refractivity contribution in [2.24, 2.45) is 5.14 Å². The molecule has 0 fully saturated rings. The predicted molar refractivity (Wildman–Crippen MR) is 80.4 cm³/mol. The summed E-state index contributed by atoms with van der Waals surface area (Å²) in [5.41, 5.74) is 0.454. The fraction of sp³-hybridized carbons (Fsp3) is 0.0769. The predicted octanol–water partition coefficient (Wildman–Crippen LogP) is 1.55. The van der Waals surface area contributed by atoms with Crippen LogP contribution in [0.3, 0.4) is 0 Å². The molecule has 0 spiro atoms. The van der Waals surface area contributed by atoms with Gasteiger partial charge < -0.3 is 0 Å². The summed E-state index contributed by atoms with van der Waals surface area (Å²) < 4.78 is 74.5. The molecule has 2 aromatic carbocycles. The highest BCUT2D eigenvalue weighted by Crippen LogP contribution is 2.20. The molecule has 0 aliphatic heterocycles. The second-order valence-corrected chi connectivity index (χ2v) is 7.95. The maximum atomic E-state index is 13.6. The van der Waals surface area contributed by atoms with Crippen LogP contribution in [0.25, 0.3) is 0 Å². The number of nitrogens with one attached hydrogen (secondary N) is 1. The Kier molecular flexibility index (Phi) is 4.68. The highest BCUT2D eigenvalue weighted by atomic mass is 32.2. The molecule has 0 saturated heterocycles. The normalized spacial score (nSPS) is 12.1. The lowest BCUT2D eigenvalue weighted by molar-refractivity contribution is 0.551. The molecule has 6 nitrogen and oxygen atoms in total. The van der Waals surface area contributed by atoms with E-state index in [0.29, 0.717) is 11.6 Å². The molecule has 0 unspecified atom stereocenters. The summed E-state index contributed by atoms with van der Waals surface area (Å²) >= 11 is 0. The second-order valence-electron chi connectivity index (χ2n) is 4.68. The lowest BCUT2D eigenvalue weighted by atomic mass is 10.2. The van der Waals surface area contributed by atoms with Crippen LogP contribution in [0.4, 0.5) is 14.5 Å². The molecule has 2 aromatic rings. The molecule has 10 heteroatoms. The molecule has 2 rings (SSSR count). The summed E-state index contributed by atoms with van der Waals surface area (Å²) in [4.78, 5) is -0.701. The van der Waals surface area contributed by atoms with E-state index in [1.54, 1.807) is 0 Å². The Bertz CT molecular complexity index is 927. The van der Waals surface area contributed by atoms with E-state index >= 15 is 0 Å². The van der Waals surface area contributed by atoms with Gasteiger partial charge in [0.2, 0.25) is 10.0 Å². The molecule has 0 saturated carbocycles. The van der Waals surface area contributed by atoms with E-state index in [-0.39, 0.29) is 5.69 Å². The number of hydrogen-bond donors (Lipinski definition) is 2. The van der Waals surface area contributed by atoms with Crippen molar-refractivity contribution in [2.45, 2.75) is 10.6 Å². The number of halogens is 2. The Morgan fingerprint density at radius 1 is 0.957 bits per heavy atom. The zero-order chi connectivity index (χ0) is 17.3. The van der Waals surface area contributed by atoms with Crippen molar-refractivity contribution < 1.29 is 25.6 Å². The van der Waals surface area contributed by atoms with E-state index in [4.69, 9.17) is 5.14 Å². The average molecular weight is 362 g/mol. The first kappa shape index (κ1) is 17.3. The van der Waals surface area contributed by atoms with Gasteiger partial charge in [0.05, 0.1) is 5.75 Å². The summed E-state index contributed by atoms with van der Waals surface area (Å²) in [6.45, 7) is 0. The van der Waals surface area contributed by atoms with E-state index in [0.717, 1.165) is 12.1 Å². The number of anilines is 1. The van der Waals surface area contributed by atoms with Crippen LogP contribution < -0.4 is 9.86 Å². The fourth-order valence-corrected chi connectivity index (χ4v) is 3.58. The van der Waals surface area contributed by atoms with Crippen LogP contribution in [0.15, 0.2) is 47.4 Å². The van der Waals surface area contributed by atoms with Crippen LogP contribution >= 0.6 is 0 Å². The van der Waals surface area contributed by atoms with Gasteiger partial charge in [0, 0.05) is 11.8 Å². The van der Waals surface area contributed by atoms with Gasteiger partial charge in [-0.1, -0.05) is 12.1 Å². The Balaban J connectivity index is 2.24. The van der Waals surface area contributed by atoms with Crippen molar-refractivity contribution >= 4 is 25.7 Å². The highest BCUT2D eigenvalue weighted by Gasteiger charge is 2.19. The van der Waals surface area contributed by atoms with Gasteiger partial charge in [-0.2, -0.15) is 0 Å². The monoisotopic (exact) mass is 362 g/mol. The second kappa shape index (κ2) is 6.22. The van der Waals surface area contributed by atoms with Gasteiger partial charge in [-0.3, -0.25) is 4.72 Å². The molecule has 23 heavy (non-hydrogen) atoms. The van der Waals surface area contributed by atoms with E-state index in [9.17, 15) is 25.6 Å². The van der Waals surface area contributed by atoms with Gasteiger partial charge in [-0.25, -0.2) is 30.8 Å². The molecule has 0 heterocycles. The van der Waals surface area contributed by atoms with Crippen molar-refractivity contribution in [1.82, 2.24) is 0 Å². The van der Waals surface area contributed by atoms with Crippen molar-refractivity contribution in [3.05, 3.63) is 59.7 Å². The minimum absolute atomic E-state index is 0.0897. The van der Waals surface area contributed by atoms with Gasteiger partial charge >= 0.3 is 0 Å². The minimum Gasteiger partial charge on any atom is -0.280 e. The molecule has 124 valence electrons. The third-order valence-corrected chi connectivity index (χ3v) is 4.91. The first-order valence-electron chi connectivity index (χ1n) is 6.14. The largest absolute Gasteiger partial charge is 0.280 e. The molecule has 0 bridgehead atoms. The molecule has 0 amide bonds. The summed E-state index contributed by atoms with van der Waals surface area (Å²) in [5, 5.41) is 4.90. The highest BCUT2D eigenvalue weighted by molar-refractivity contribution is 7.92. The maximum Gasteiger partial charge on any atom is 0.264 e. The number of hydrogen-bond acceptors (Lipinski definition) is 4. The van der Waals surface area contributed by atoms with E-state index in [2.05, 4.69) is 4.72 Å². The molecule has 3 N–H and O–H groups in total. The van der Waals surface area contributed by atoms with E-state index in [1.165, 1.54) is 24.3 Å². The van der Waals surface area contributed by atoms with Gasteiger partial charge in [0.25, 0.3) is 10.0 Å². The molecule has 0 aliphatic carbocycles. The van der Waals surface area contributed by atoms with Gasteiger partial charge in [-0.05, 0) is 29.8 Å². The summed E-state index contributed by atoms with van der Waals surface area (Å²) in [5.74, 6) is -2.51. The third kappa shape index (κ3) is 4.71. The number of sulfonamides is 2. The number of rotatable bonds is 5. The van der Waals surface area contributed by atoms with E-state index < -0.39 is 42.3 Å². The van der Waals surface area contributed by atoms with Crippen molar-refractivity contribution in [3.8, 4) is 0 Å². The molecular formula is C13H12F2N2O4S2. The zero-order valence-corrected chi connectivity index (χ0v) is 13.2. The first-order chi connectivity index (χ1) is 10.6. The van der Waals surface area contributed by atoms with Gasteiger partial charge in [0.15, 0.2) is 0 Å². The lowest BCUT2D eigenvalue weighted by Gasteiger charge is -2.09. The van der Waals surface area contributed by atoms with Crippen LogP contribution in [-0.2, 0) is 25.8 Å². The Labute approximate surface area is 132 Å². The Morgan fingerprint density at radius 2 is 1.57 bits per heavy atom. The number of primary sulfonamides is 1.